The van der Waals surface area contributed by atoms with E-state index < -0.39 is 0 Å². The number of rotatable bonds is 4. The van der Waals surface area contributed by atoms with E-state index in [2.05, 4.69) is 28.2 Å². The van der Waals surface area contributed by atoms with Gasteiger partial charge in [0.2, 0.25) is 5.91 Å². The minimum atomic E-state index is -0.185. The third kappa shape index (κ3) is 3.91. The molecule has 3 rings (SSSR count). The lowest BCUT2D eigenvalue weighted by atomic mass is 9.84. The highest BCUT2D eigenvalue weighted by atomic mass is 79.9. The predicted molar refractivity (Wildman–Crippen MR) is 96.2 cm³/mol. The van der Waals surface area contributed by atoms with E-state index in [9.17, 15) is 9.59 Å². The molecule has 1 aliphatic carbocycles. The Labute approximate surface area is 150 Å². The number of nitrogens with zero attached hydrogens (tertiary/aromatic N) is 1. The van der Waals surface area contributed by atoms with E-state index in [1.165, 1.54) is 24.2 Å². The molecule has 0 saturated heterocycles. The number of fused-ring (bicyclic) bond motifs is 1. The second-order valence-electron chi connectivity index (χ2n) is 6.57. The van der Waals surface area contributed by atoms with Gasteiger partial charge in [0.15, 0.2) is 6.61 Å². The Morgan fingerprint density at radius 2 is 2.08 bits per heavy atom. The zero-order valence-corrected chi connectivity index (χ0v) is 15.5. The lowest BCUT2D eigenvalue weighted by molar-refractivity contribution is -0.125. The normalized spacial score (nSPS) is 23.4. The van der Waals surface area contributed by atoms with Gasteiger partial charge in [0.25, 0.3) is 5.91 Å². The van der Waals surface area contributed by atoms with E-state index >= 15 is 0 Å². The van der Waals surface area contributed by atoms with Gasteiger partial charge in [-0.1, -0.05) is 29.3 Å². The standard InChI is InChI=1S/C18H23BrN2O3/c1-2-12-3-6-14(7-4-12)20-17(22)10-21-15-8-5-13(19)9-16(15)24-11-18(21)23/h5,8-9,12,14H,2-4,6-7,10-11H2,1H3,(H,20,22). The molecular formula is C18H23BrN2O3. The summed E-state index contributed by atoms with van der Waals surface area (Å²) in [7, 11) is 0. The average molecular weight is 395 g/mol. The maximum atomic E-state index is 12.4. The third-order valence-corrected chi connectivity index (χ3v) is 5.45. The van der Waals surface area contributed by atoms with E-state index in [0.717, 1.165) is 23.2 Å². The number of carbonyl (C=O) groups excluding carboxylic acids is 2. The van der Waals surface area contributed by atoms with Crippen molar-refractivity contribution in [1.29, 1.82) is 0 Å². The molecule has 0 radical (unpaired) electrons. The Bertz CT molecular complexity index is 627. The van der Waals surface area contributed by atoms with Crippen LogP contribution in [0.15, 0.2) is 22.7 Å². The van der Waals surface area contributed by atoms with Crippen LogP contribution in [0.2, 0.25) is 0 Å². The van der Waals surface area contributed by atoms with Crippen molar-refractivity contribution in [1.82, 2.24) is 5.32 Å². The molecule has 6 heteroatoms. The van der Waals surface area contributed by atoms with Crippen LogP contribution < -0.4 is 15.0 Å². The zero-order chi connectivity index (χ0) is 17.1. The van der Waals surface area contributed by atoms with Crippen LogP contribution in [0, 0.1) is 5.92 Å². The van der Waals surface area contributed by atoms with Crippen molar-refractivity contribution in [2.45, 2.75) is 45.1 Å². The van der Waals surface area contributed by atoms with E-state index in [-0.39, 0.29) is 31.0 Å². The molecule has 1 fully saturated rings. The number of hydrogen-bond donors (Lipinski definition) is 1. The van der Waals surface area contributed by atoms with Crippen molar-refractivity contribution < 1.29 is 14.3 Å². The minimum absolute atomic E-state index is 0.0294. The SMILES string of the molecule is CCC1CCC(NC(=O)CN2C(=O)COc3cc(Br)ccc32)CC1. The molecule has 1 heterocycles. The number of hydrogen-bond acceptors (Lipinski definition) is 3. The van der Waals surface area contributed by atoms with Gasteiger partial charge in [-0.15, -0.1) is 0 Å². The monoisotopic (exact) mass is 394 g/mol. The van der Waals surface area contributed by atoms with Gasteiger partial charge >= 0.3 is 0 Å². The maximum Gasteiger partial charge on any atom is 0.265 e. The molecule has 1 saturated carbocycles. The summed E-state index contributed by atoms with van der Waals surface area (Å²) in [5.74, 6) is 1.14. The fraction of sp³-hybridized carbons (Fsp3) is 0.556. The first-order valence-corrected chi connectivity index (χ1v) is 9.38. The number of benzene rings is 1. The van der Waals surface area contributed by atoms with Crippen molar-refractivity contribution >= 4 is 33.4 Å². The fourth-order valence-electron chi connectivity index (χ4n) is 3.48. The minimum Gasteiger partial charge on any atom is -0.482 e. The van der Waals surface area contributed by atoms with E-state index in [4.69, 9.17) is 4.74 Å². The number of anilines is 1. The van der Waals surface area contributed by atoms with Crippen LogP contribution in [-0.2, 0) is 9.59 Å². The molecule has 1 aromatic rings. The molecule has 0 atom stereocenters. The summed E-state index contributed by atoms with van der Waals surface area (Å²) < 4.78 is 6.33. The van der Waals surface area contributed by atoms with Crippen molar-refractivity contribution in [2.24, 2.45) is 5.92 Å². The van der Waals surface area contributed by atoms with E-state index in [0.29, 0.717) is 11.4 Å². The van der Waals surface area contributed by atoms with Crippen LogP contribution in [-0.4, -0.2) is 31.0 Å². The van der Waals surface area contributed by atoms with Gasteiger partial charge in [-0.2, -0.15) is 0 Å². The summed E-state index contributed by atoms with van der Waals surface area (Å²) in [6.07, 6.45) is 5.63. The summed E-state index contributed by atoms with van der Waals surface area (Å²) in [6.45, 7) is 2.24. The van der Waals surface area contributed by atoms with Crippen LogP contribution in [0.5, 0.6) is 5.75 Å². The Morgan fingerprint density at radius 1 is 1.33 bits per heavy atom. The predicted octanol–water partition coefficient (Wildman–Crippen LogP) is 3.26. The molecule has 130 valence electrons. The van der Waals surface area contributed by atoms with Crippen LogP contribution in [0.3, 0.4) is 0 Å². The first kappa shape index (κ1) is 17.3. The van der Waals surface area contributed by atoms with Crippen molar-refractivity contribution in [3.63, 3.8) is 0 Å². The third-order valence-electron chi connectivity index (χ3n) is 4.96. The molecule has 0 bridgehead atoms. The highest BCUT2D eigenvalue weighted by Gasteiger charge is 2.28. The number of carbonyl (C=O) groups is 2. The van der Waals surface area contributed by atoms with Crippen LogP contribution in [0.1, 0.15) is 39.0 Å². The lowest BCUT2D eigenvalue weighted by Gasteiger charge is -2.31. The molecule has 24 heavy (non-hydrogen) atoms. The maximum absolute atomic E-state index is 12.4. The Kier molecular flexibility index (Phi) is 5.43. The largest absolute Gasteiger partial charge is 0.482 e. The summed E-state index contributed by atoms with van der Waals surface area (Å²) in [5.41, 5.74) is 0.652. The van der Waals surface area contributed by atoms with Gasteiger partial charge in [0.05, 0.1) is 5.69 Å². The topological polar surface area (TPSA) is 58.6 Å². The van der Waals surface area contributed by atoms with Crippen LogP contribution in [0.4, 0.5) is 5.69 Å². The number of nitrogens with one attached hydrogen (secondary N) is 1. The quantitative estimate of drug-likeness (QED) is 0.852. The second-order valence-corrected chi connectivity index (χ2v) is 7.49. The van der Waals surface area contributed by atoms with Crippen molar-refractivity contribution in [3.05, 3.63) is 22.7 Å². The van der Waals surface area contributed by atoms with E-state index in [1.54, 1.807) is 6.07 Å². The molecule has 1 aliphatic heterocycles. The van der Waals surface area contributed by atoms with Gasteiger partial charge in [0, 0.05) is 10.5 Å². The average Bonchev–Trinajstić information content (AvgIpc) is 2.58. The summed E-state index contributed by atoms with van der Waals surface area (Å²) in [5, 5.41) is 3.09. The van der Waals surface area contributed by atoms with Gasteiger partial charge < -0.3 is 10.1 Å². The van der Waals surface area contributed by atoms with Gasteiger partial charge in [-0.3, -0.25) is 14.5 Å². The zero-order valence-electron chi connectivity index (χ0n) is 13.9. The molecule has 1 N–H and O–H groups in total. The highest BCUT2D eigenvalue weighted by Crippen LogP contribution is 2.34. The Balaban J connectivity index is 1.61. The molecule has 1 aromatic carbocycles. The van der Waals surface area contributed by atoms with Gasteiger partial charge in [-0.05, 0) is 49.8 Å². The number of amides is 2. The molecule has 0 aromatic heterocycles. The molecule has 5 nitrogen and oxygen atoms in total. The Morgan fingerprint density at radius 3 is 2.79 bits per heavy atom. The molecule has 2 aliphatic rings. The number of halogens is 1. The summed E-state index contributed by atoms with van der Waals surface area (Å²) >= 11 is 3.39. The van der Waals surface area contributed by atoms with Crippen LogP contribution in [0.25, 0.3) is 0 Å². The molecule has 0 spiro atoms. The fourth-order valence-corrected chi connectivity index (χ4v) is 3.82. The second kappa shape index (κ2) is 7.55. The molecule has 2 amide bonds. The first-order valence-electron chi connectivity index (χ1n) is 8.59. The molecule has 0 unspecified atom stereocenters. The van der Waals surface area contributed by atoms with Crippen molar-refractivity contribution in [2.75, 3.05) is 18.1 Å². The lowest BCUT2D eigenvalue weighted by Crippen LogP contribution is -2.47. The number of ether oxygens (including phenoxy) is 1. The Hall–Kier alpha value is -1.56. The highest BCUT2D eigenvalue weighted by molar-refractivity contribution is 9.10. The van der Waals surface area contributed by atoms with Crippen LogP contribution >= 0.6 is 15.9 Å². The summed E-state index contributed by atoms with van der Waals surface area (Å²) in [4.78, 5) is 26.1. The van der Waals surface area contributed by atoms with E-state index in [1.807, 2.05) is 12.1 Å². The van der Waals surface area contributed by atoms with Crippen molar-refractivity contribution in [3.8, 4) is 5.75 Å². The van der Waals surface area contributed by atoms with Gasteiger partial charge in [0.1, 0.15) is 12.3 Å². The molecular weight excluding hydrogens is 372 g/mol. The van der Waals surface area contributed by atoms with Gasteiger partial charge in [-0.25, -0.2) is 0 Å². The smallest absolute Gasteiger partial charge is 0.265 e. The first-order chi connectivity index (χ1) is 11.6. The summed E-state index contributed by atoms with van der Waals surface area (Å²) in [6, 6.07) is 5.70.